The van der Waals surface area contributed by atoms with Crippen molar-refractivity contribution in [2.24, 2.45) is 0 Å². The van der Waals surface area contributed by atoms with Crippen molar-refractivity contribution in [3.63, 3.8) is 0 Å². The normalized spacial score (nSPS) is 15.5. The van der Waals surface area contributed by atoms with E-state index in [0.29, 0.717) is 18.3 Å². The van der Waals surface area contributed by atoms with E-state index in [1.807, 2.05) is 6.92 Å². The third kappa shape index (κ3) is 3.51. The van der Waals surface area contributed by atoms with Crippen LogP contribution in [0.4, 0.5) is 4.39 Å². The second-order valence-electron chi connectivity index (χ2n) is 5.61. The lowest BCUT2D eigenvalue weighted by atomic mass is 10.2. The predicted octanol–water partition coefficient (Wildman–Crippen LogP) is 1.94. The predicted molar refractivity (Wildman–Crippen MR) is 81.1 cm³/mol. The molecule has 3 rings (SSSR count). The topological polar surface area (TPSA) is 59.0 Å². The van der Waals surface area contributed by atoms with E-state index in [9.17, 15) is 9.18 Å². The van der Waals surface area contributed by atoms with E-state index in [2.05, 4.69) is 15.7 Å². The molecule has 0 radical (unpaired) electrons. The van der Waals surface area contributed by atoms with Gasteiger partial charge in [0.25, 0.3) is 0 Å². The molecule has 116 valence electrons. The second kappa shape index (κ2) is 6.27. The van der Waals surface area contributed by atoms with Gasteiger partial charge in [0.05, 0.1) is 18.8 Å². The molecule has 1 aliphatic carbocycles. The molecule has 1 aromatic heterocycles. The van der Waals surface area contributed by atoms with E-state index in [-0.39, 0.29) is 17.8 Å². The molecule has 22 heavy (non-hydrogen) atoms. The Morgan fingerprint density at radius 3 is 2.95 bits per heavy atom. The minimum absolute atomic E-state index is 0.0435. The van der Waals surface area contributed by atoms with Gasteiger partial charge in [0.15, 0.2) is 0 Å². The number of aromatic nitrogens is 2. The van der Waals surface area contributed by atoms with Crippen molar-refractivity contribution < 1.29 is 9.18 Å². The number of rotatable bonds is 6. The molecule has 6 heteroatoms. The first-order valence-electron chi connectivity index (χ1n) is 7.45. The Morgan fingerprint density at radius 2 is 2.23 bits per heavy atom. The van der Waals surface area contributed by atoms with Crippen LogP contribution in [0.15, 0.2) is 36.7 Å². The van der Waals surface area contributed by atoms with Crippen LogP contribution in [-0.4, -0.2) is 28.3 Å². The zero-order valence-corrected chi connectivity index (χ0v) is 12.4. The standard InChI is InChI=1S/C16H19FN4O/c1-11(20-16(22)9-18-13-6-7-13)12-8-19-21(10-12)15-5-3-2-4-14(15)17/h2-5,8,10-11,13,18H,6-7,9H2,1H3,(H,20,22). The highest BCUT2D eigenvalue weighted by molar-refractivity contribution is 5.78. The van der Waals surface area contributed by atoms with Crippen LogP contribution in [0.25, 0.3) is 5.69 Å². The van der Waals surface area contributed by atoms with Gasteiger partial charge < -0.3 is 10.6 Å². The maximum atomic E-state index is 13.7. The molecule has 2 N–H and O–H groups in total. The summed E-state index contributed by atoms with van der Waals surface area (Å²) in [5.74, 6) is -0.375. The van der Waals surface area contributed by atoms with Crippen molar-refractivity contribution in [2.75, 3.05) is 6.54 Å². The van der Waals surface area contributed by atoms with E-state index in [4.69, 9.17) is 0 Å². The van der Waals surface area contributed by atoms with Crippen LogP contribution in [-0.2, 0) is 4.79 Å². The lowest BCUT2D eigenvalue weighted by molar-refractivity contribution is -0.120. The van der Waals surface area contributed by atoms with Gasteiger partial charge in [0, 0.05) is 17.8 Å². The molecule has 1 aliphatic rings. The Bertz CT molecular complexity index is 666. The maximum absolute atomic E-state index is 13.7. The molecular formula is C16H19FN4O. The fourth-order valence-electron chi connectivity index (χ4n) is 2.23. The van der Waals surface area contributed by atoms with Gasteiger partial charge in [-0.25, -0.2) is 9.07 Å². The molecule has 1 atom stereocenters. The van der Waals surface area contributed by atoms with Gasteiger partial charge in [-0.05, 0) is 31.9 Å². The number of carbonyl (C=O) groups excluding carboxylic acids is 1. The minimum atomic E-state index is -0.331. The van der Waals surface area contributed by atoms with Gasteiger partial charge in [-0.15, -0.1) is 0 Å². The summed E-state index contributed by atoms with van der Waals surface area (Å²) in [6.07, 6.45) is 5.68. The average molecular weight is 302 g/mol. The molecule has 1 heterocycles. The summed E-state index contributed by atoms with van der Waals surface area (Å²) in [5, 5.41) is 10.2. The van der Waals surface area contributed by atoms with Crippen molar-refractivity contribution in [1.29, 1.82) is 0 Å². The summed E-state index contributed by atoms with van der Waals surface area (Å²) in [5.41, 5.74) is 1.23. The van der Waals surface area contributed by atoms with Crippen molar-refractivity contribution in [3.8, 4) is 5.69 Å². The monoisotopic (exact) mass is 302 g/mol. The van der Waals surface area contributed by atoms with E-state index in [1.165, 1.54) is 10.7 Å². The molecule has 1 saturated carbocycles. The molecular weight excluding hydrogens is 283 g/mol. The Kier molecular flexibility index (Phi) is 4.20. The fourth-order valence-corrected chi connectivity index (χ4v) is 2.23. The summed E-state index contributed by atoms with van der Waals surface area (Å²) in [7, 11) is 0. The molecule has 0 saturated heterocycles. The number of hydrogen-bond donors (Lipinski definition) is 2. The van der Waals surface area contributed by atoms with Crippen LogP contribution in [0.2, 0.25) is 0 Å². The summed E-state index contributed by atoms with van der Waals surface area (Å²) in [6.45, 7) is 2.22. The van der Waals surface area contributed by atoms with Gasteiger partial charge >= 0.3 is 0 Å². The second-order valence-corrected chi connectivity index (χ2v) is 5.61. The Balaban J connectivity index is 1.62. The number of halogens is 1. The number of carbonyl (C=O) groups is 1. The first kappa shape index (κ1) is 14.7. The lowest BCUT2D eigenvalue weighted by Crippen LogP contribution is -2.36. The number of nitrogens with zero attached hydrogens (tertiary/aromatic N) is 2. The lowest BCUT2D eigenvalue weighted by Gasteiger charge is -2.12. The van der Waals surface area contributed by atoms with Crippen LogP contribution in [0.5, 0.6) is 0 Å². The summed E-state index contributed by atoms with van der Waals surface area (Å²) in [6, 6.07) is 6.78. The smallest absolute Gasteiger partial charge is 0.234 e. The molecule has 1 fully saturated rings. The largest absolute Gasteiger partial charge is 0.348 e. The molecule has 1 aromatic carbocycles. The third-order valence-electron chi connectivity index (χ3n) is 3.71. The Labute approximate surface area is 128 Å². The van der Waals surface area contributed by atoms with E-state index in [0.717, 1.165) is 18.4 Å². The van der Waals surface area contributed by atoms with Gasteiger partial charge in [0.2, 0.25) is 5.91 Å². The van der Waals surface area contributed by atoms with Crippen molar-refractivity contribution in [3.05, 3.63) is 48.0 Å². The average Bonchev–Trinajstić information content (AvgIpc) is 3.20. The van der Waals surface area contributed by atoms with Gasteiger partial charge in [-0.3, -0.25) is 4.79 Å². The minimum Gasteiger partial charge on any atom is -0.348 e. The zero-order chi connectivity index (χ0) is 15.5. The maximum Gasteiger partial charge on any atom is 0.234 e. The molecule has 0 bridgehead atoms. The quantitative estimate of drug-likeness (QED) is 0.857. The molecule has 1 amide bonds. The van der Waals surface area contributed by atoms with Crippen LogP contribution < -0.4 is 10.6 Å². The first-order valence-corrected chi connectivity index (χ1v) is 7.45. The number of nitrogens with one attached hydrogen (secondary N) is 2. The zero-order valence-electron chi connectivity index (χ0n) is 12.4. The number of amides is 1. The van der Waals surface area contributed by atoms with E-state index < -0.39 is 0 Å². The Hall–Kier alpha value is -2.21. The van der Waals surface area contributed by atoms with Gasteiger partial charge in [-0.2, -0.15) is 5.10 Å². The van der Waals surface area contributed by atoms with Crippen molar-refractivity contribution >= 4 is 5.91 Å². The molecule has 0 spiro atoms. The van der Waals surface area contributed by atoms with Crippen LogP contribution in [0.1, 0.15) is 31.4 Å². The highest BCUT2D eigenvalue weighted by Crippen LogP contribution is 2.18. The highest BCUT2D eigenvalue weighted by atomic mass is 19.1. The Morgan fingerprint density at radius 1 is 1.45 bits per heavy atom. The number of para-hydroxylation sites is 1. The molecule has 1 unspecified atom stereocenters. The summed E-state index contributed by atoms with van der Waals surface area (Å²) >= 11 is 0. The fraction of sp³-hybridized carbons (Fsp3) is 0.375. The number of benzene rings is 1. The molecule has 0 aliphatic heterocycles. The van der Waals surface area contributed by atoms with Crippen molar-refractivity contribution in [2.45, 2.75) is 31.8 Å². The van der Waals surface area contributed by atoms with E-state index >= 15 is 0 Å². The molecule has 5 nitrogen and oxygen atoms in total. The van der Waals surface area contributed by atoms with Crippen LogP contribution in [0.3, 0.4) is 0 Å². The SMILES string of the molecule is CC(NC(=O)CNC1CC1)c1cnn(-c2ccccc2F)c1. The van der Waals surface area contributed by atoms with Crippen LogP contribution in [0, 0.1) is 5.82 Å². The van der Waals surface area contributed by atoms with E-state index in [1.54, 1.807) is 30.6 Å². The third-order valence-corrected chi connectivity index (χ3v) is 3.71. The van der Waals surface area contributed by atoms with Gasteiger partial charge in [0.1, 0.15) is 11.5 Å². The summed E-state index contributed by atoms with van der Waals surface area (Å²) < 4.78 is 15.2. The first-order chi connectivity index (χ1) is 10.6. The summed E-state index contributed by atoms with van der Waals surface area (Å²) in [4.78, 5) is 11.8. The molecule has 2 aromatic rings. The highest BCUT2D eigenvalue weighted by Gasteiger charge is 2.21. The number of hydrogen-bond acceptors (Lipinski definition) is 3. The van der Waals surface area contributed by atoms with Crippen molar-refractivity contribution in [1.82, 2.24) is 20.4 Å². The van der Waals surface area contributed by atoms with Crippen LogP contribution >= 0.6 is 0 Å². The van der Waals surface area contributed by atoms with Gasteiger partial charge in [-0.1, -0.05) is 12.1 Å².